The molecule has 0 aliphatic carbocycles. The number of hydrogen-bond acceptors (Lipinski definition) is 3. The summed E-state index contributed by atoms with van der Waals surface area (Å²) in [5.74, 6) is -0.242. The molecule has 0 spiro atoms. The molecule has 112 valence electrons. The average molecular weight is 295 g/mol. The fourth-order valence-corrected chi connectivity index (χ4v) is 1.78. The summed E-state index contributed by atoms with van der Waals surface area (Å²) in [6.07, 6.45) is 1.41. The zero-order valence-electron chi connectivity index (χ0n) is 12.5. The molecule has 4 heteroatoms. The summed E-state index contributed by atoms with van der Waals surface area (Å²) >= 11 is 0. The number of nitrogens with one attached hydrogen (secondary N) is 1. The van der Waals surface area contributed by atoms with Crippen LogP contribution in [0.4, 0.5) is 5.69 Å². The van der Waals surface area contributed by atoms with Crippen LogP contribution in [0.3, 0.4) is 0 Å². The van der Waals surface area contributed by atoms with Gasteiger partial charge < -0.3 is 10.1 Å². The topological polar surface area (TPSA) is 55.4 Å². The largest absolute Gasteiger partial charge is 0.423 e. The van der Waals surface area contributed by atoms with Crippen LogP contribution in [0, 0.1) is 0 Å². The number of benzene rings is 2. The normalized spacial score (nSPS) is 9.73. The molecule has 2 aromatic carbocycles. The van der Waals surface area contributed by atoms with Crippen molar-refractivity contribution in [3.8, 4) is 5.75 Å². The van der Waals surface area contributed by atoms with Gasteiger partial charge in [-0.3, -0.25) is 4.79 Å². The Hall–Kier alpha value is -2.88. The van der Waals surface area contributed by atoms with E-state index in [4.69, 9.17) is 4.74 Å². The Bertz CT molecular complexity index is 684. The monoisotopic (exact) mass is 295 g/mol. The SMILES string of the molecule is CC(C)=CC(=O)Oc1ccc(C(=O)Nc2ccccc2)cc1. The molecular weight excluding hydrogens is 278 g/mol. The van der Waals surface area contributed by atoms with Crippen molar-refractivity contribution >= 4 is 17.6 Å². The number of allylic oxidation sites excluding steroid dienone is 1. The molecule has 0 heterocycles. The maximum absolute atomic E-state index is 12.1. The van der Waals surface area contributed by atoms with Crippen LogP contribution in [-0.4, -0.2) is 11.9 Å². The lowest BCUT2D eigenvalue weighted by Gasteiger charge is -2.06. The van der Waals surface area contributed by atoms with Gasteiger partial charge in [0, 0.05) is 17.3 Å². The van der Waals surface area contributed by atoms with Gasteiger partial charge in [0.15, 0.2) is 0 Å². The van der Waals surface area contributed by atoms with E-state index in [1.807, 2.05) is 44.2 Å². The van der Waals surface area contributed by atoms with E-state index in [1.54, 1.807) is 24.3 Å². The maximum Gasteiger partial charge on any atom is 0.336 e. The maximum atomic E-state index is 12.1. The number of rotatable bonds is 4. The highest BCUT2D eigenvalue weighted by atomic mass is 16.5. The standard InChI is InChI=1S/C18H17NO3/c1-13(2)12-17(20)22-16-10-8-14(9-11-16)18(21)19-15-6-4-3-5-7-15/h3-12H,1-2H3,(H,19,21). The van der Waals surface area contributed by atoms with Crippen LogP contribution < -0.4 is 10.1 Å². The van der Waals surface area contributed by atoms with Gasteiger partial charge in [0.05, 0.1) is 0 Å². The predicted molar refractivity (Wildman–Crippen MR) is 85.9 cm³/mol. The quantitative estimate of drug-likeness (QED) is 0.530. The Balaban J connectivity index is 2.01. The smallest absolute Gasteiger partial charge is 0.336 e. The second-order valence-electron chi connectivity index (χ2n) is 4.99. The van der Waals surface area contributed by atoms with Gasteiger partial charge in [-0.15, -0.1) is 0 Å². The first-order valence-electron chi connectivity index (χ1n) is 6.88. The molecule has 1 amide bonds. The van der Waals surface area contributed by atoms with E-state index in [-0.39, 0.29) is 5.91 Å². The van der Waals surface area contributed by atoms with Gasteiger partial charge in [-0.25, -0.2) is 4.79 Å². The lowest BCUT2D eigenvalue weighted by Crippen LogP contribution is -2.11. The van der Waals surface area contributed by atoms with Crippen molar-refractivity contribution in [1.82, 2.24) is 0 Å². The van der Waals surface area contributed by atoms with Crippen molar-refractivity contribution in [1.29, 1.82) is 0 Å². The molecule has 0 radical (unpaired) electrons. The molecule has 0 aliphatic heterocycles. The molecule has 0 unspecified atom stereocenters. The van der Waals surface area contributed by atoms with Crippen LogP contribution in [0.15, 0.2) is 66.2 Å². The first kappa shape index (κ1) is 15.5. The van der Waals surface area contributed by atoms with Crippen molar-refractivity contribution in [2.45, 2.75) is 13.8 Å². The van der Waals surface area contributed by atoms with E-state index in [2.05, 4.69) is 5.32 Å². The van der Waals surface area contributed by atoms with Gasteiger partial charge in [0.25, 0.3) is 5.91 Å². The van der Waals surface area contributed by atoms with Gasteiger partial charge in [-0.05, 0) is 50.2 Å². The molecule has 1 N–H and O–H groups in total. The number of carbonyl (C=O) groups excluding carboxylic acids is 2. The van der Waals surface area contributed by atoms with Gasteiger partial charge >= 0.3 is 5.97 Å². The molecule has 22 heavy (non-hydrogen) atoms. The Morgan fingerprint density at radius 2 is 1.59 bits per heavy atom. The molecule has 4 nitrogen and oxygen atoms in total. The Kier molecular flexibility index (Phi) is 5.09. The Labute approximate surface area is 129 Å². The molecular formula is C18H17NO3. The van der Waals surface area contributed by atoms with Crippen LogP contribution in [0.1, 0.15) is 24.2 Å². The van der Waals surface area contributed by atoms with Gasteiger partial charge in [0.2, 0.25) is 0 Å². The number of esters is 1. The van der Waals surface area contributed by atoms with E-state index in [1.165, 1.54) is 6.08 Å². The minimum Gasteiger partial charge on any atom is -0.423 e. The van der Waals surface area contributed by atoms with Crippen molar-refractivity contribution in [3.05, 3.63) is 71.8 Å². The highest BCUT2D eigenvalue weighted by Crippen LogP contribution is 2.14. The highest BCUT2D eigenvalue weighted by Gasteiger charge is 2.07. The van der Waals surface area contributed by atoms with Crippen molar-refractivity contribution < 1.29 is 14.3 Å². The zero-order chi connectivity index (χ0) is 15.9. The molecule has 0 aliphatic rings. The number of para-hydroxylation sites is 1. The number of ether oxygens (including phenoxy) is 1. The summed E-state index contributed by atoms with van der Waals surface area (Å²) in [6, 6.07) is 15.6. The molecule has 0 atom stereocenters. The van der Waals surface area contributed by atoms with Crippen molar-refractivity contribution in [2.75, 3.05) is 5.32 Å². The van der Waals surface area contributed by atoms with Crippen LogP contribution >= 0.6 is 0 Å². The van der Waals surface area contributed by atoms with Crippen molar-refractivity contribution in [2.24, 2.45) is 0 Å². The molecule has 0 aromatic heterocycles. The van der Waals surface area contributed by atoms with Crippen LogP contribution in [0.5, 0.6) is 5.75 Å². The lowest BCUT2D eigenvalue weighted by atomic mass is 10.2. The van der Waals surface area contributed by atoms with Crippen LogP contribution in [0.2, 0.25) is 0 Å². The summed E-state index contributed by atoms with van der Waals surface area (Å²) in [5, 5.41) is 2.79. The van der Waals surface area contributed by atoms with Gasteiger partial charge in [-0.2, -0.15) is 0 Å². The summed E-state index contributed by atoms with van der Waals surface area (Å²) in [5.41, 5.74) is 2.08. The second-order valence-corrected chi connectivity index (χ2v) is 4.99. The van der Waals surface area contributed by atoms with E-state index >= 15 is 0 Å². The number of amides is 1. The lowest BCUT2D eigenvalue weighted by molar-refractivity contribution is -0.129. The first-order valence-corrected chi connectivity index (χ1v) is 6.88. The third kappa shape index (κ3) is 4.59. The fourth-order valence-electron chi connectivity index (χ4n) is 1.78. The first-order chi connectivity index (χ1) is 10.5. The summed E-state index contributed by atoms with van der Waals surface area (Å²) < 4.78 is 5.13. The molecule has 2 rings (SSSR count). The zero-order valence-corrected chi connectivity index (χ0v) is 12.5. The summed E-state index contributed by atoms with van der Waals surface area (Å²) in [7, 11) is 0. The summed E-state index contributed by atoms with van der Waals surface area (Å²) in [6.45, 7) is 3.64. The third-order valence-electron chi connectivity index (χ3n) is 2.77. The Morgan fingerprint density at radius 1 is 0.955 bits per heavy atom. The summed E-state index contributed by atoms with van der Waals surface area (Å²) in [4.78, 5) is 23.6. The number of carbonyl (C=O) groups is 2. The molecule has 0 saturated heterocycles. The van der Waals surface area contributed by atoms with Crippen molar-refractivity contribution in [3.63, 3.8) is 0 Å². The van der Waals surface area contributed by atoms with E-state index < -0.39 is 5.97 Å². The van der Waals surface area contributed by atoms with Gasteiger partial charge in [0.1, 0.15) is 5.75 Å². The van der Waals surface area contributed by atoms with E-state index in [9.17, 15) is 9.59 Å². The highest BCUT2D eigenvalue weighted by molar-refractivity contribution is 6.04. The molecule has 0 fully saturated rings. The fraction of sp³-hybridized carbons (Fsp3) is 0.111. The minimum absolute atomic E-state index is 0.214. The third-order valence-corrected chi connectivity index (χ3v) is 2.77. The predicted octanol–water partition coefficient (Wildman–Crippen LogP) is 3.81. The Morgan fingerprint density at radius 3 is 2.18 bits per heavy atom. The van der Waals surface area contributed by atoms with Crippen LogP contribution in [0.25, 0.3) is 0 Å². The van der Waals surface area contributed by atoms with E-state index in [0.717, 1.165) is 11.3 Å². The number of anilines is 1. The average Bonchev–Trinajstić information content (AvgIpc) is 2.48. The van der Waals surface area contributed by atoms with Gasteiger partial charge in [-0.1, -0.05) is 23.8 Å². The minimum atomic E-state index is -0.429. The molecule has 0 saturated carbocycles. The second kappa shape index (κ2) is 7.22. The van der Waals surface area contributed by atoms with E-state index in [0.29, 0.717) is 11.3 Å². The molecule has 0 bridgehead atoms. The molecule has 2 aromatic rings. The van der Waals surface area contributed by atoms with Crippen LogP contribution in [-0.2, 0) is 4.79 Å². The number of hydrogen-bond donors (Lipinski definition) is 1.